The van der Waals surface area contributed by atoms with E-state index < -0.39 is 37.8 Å². The lowest BCUT2D eigenvalue weighted by atomic mass is 10.1. The summed E-state index contributed by atoms with van der Waals surface area (Å²) < 4.78 is 101. The lowest BCUT2D eigenvalue weighted by molar-refractivity contribution is -0.0500. The van der Waals surface area contributed by atoms with Crippen LogP contribution in [0.4, 0.5) is 17.6 Å². The van der Waals surface area contributed by atoms with E-state index in [1.165, 1.54) is 18.2 Å². The minimum Gasteiger partial charge on any atom is -0.471 e. The van der Waals surface area contributed by atoms with Crippen molar-refractivity contribution in [2.45, 2.75) is 10.4 Å². The summed E-state index contributed by atoms with van der Waals surface area (Å²) in [7, 11) is -9.03. The molecule has 26 heavy (non-hydrogen) atoms. The third kappa shape index (κ3) is 3.32. The zero-order chi connectivity index (χ0) is 19.3. The predicted octanol–water partition coefficient (Wildman–Crippen LogP) is 4.18. The van der Waals surface area contributed by atoms with Crippen LogP contribution in [0.25, 0.3) is 11.1 Å². The number of alkyl halides is 3. The van der Waals surface area contributed by atoms with Gasteiger partial charge in [0.15, 0.2) is 17.5 Å². The third-order valence-corrected chi connectivity index (χ3v) is 5.88. The molecule has 0 fully saturated rings. The van der Waals surface area contributed by atoms with Gasteiger partial charge >= 0.3 is 15.6 Å². The van der Waals surface area contributed by atoms with Crippen molar-refractivity contribution in [2.75, 3.05) is 5.94 Å². The Labute approximate surface area is 146 Å². The first-order chi connectivity index (χ1) is 11.9. The summed E-state index contributed by atoms with van der Waals surface area (Å²) in [5, 5.41) is 0. The van der Waals surface area contributed by atoms with Crippen molar-refractivity contribution in [3.05, 3.63) is 42.2 Å². The number of hydrogen-bond donors (Lipinski definition) is 2. The molecule has 142 valence electrons. The Bertz CT molecular complexity index is 972. The Kier molecular flexibility index (Phi) is 4.34. The first-order valence-corrected chi connectivity index (χ1v) is 9.87. The zero-order valence-corrected chi connectivity index (χ0v) is 14.2. The van der Waals surface area contributed by atoms with E-state index in [1.807, 2.05) is 0 Å². The second-order valence-electron chi connectivity index (χ2n) is 5.22. The van der Waals surface area contributed by atoms with Gasteiger partial charge in [0.1, 0.15) is 10.6 Å². The van der Waals surface area contributed by atoms with E-state index in [-0.39, 0.29) is 22.1 Å². The largest absolute Gasteiger partial charge is 0.534 e. The molecular weight excluding hydrogens is 404 g/mol. The van der Waals surface area contributed by atoms with Crippen molar-refractivity contribution in [3.63, 3.8) is 0 Å². The summed E-state index contributed by atoms with van der Waals surface area (Å²) in [4.78, 5) is 0.193. The van der Waals surface area contributed by atoms with Gasteiger partial charge in [0.25, 0.3) is 0 Å². The summed E-state index contributed by atoms with van der Waals surface area (Å²) in [5.41, 5.74) is -5.13. The van der Waals surface area contributed by atoms with Crippen molar-refractivity contribution in [3.8, 4) is 22.6 Å². The van der Waals surface area contributed by atoms with E-state index in [1.54, 1.807) is 0 Å². The van der Waals surface area contributed by atoms with Crippen LogP contribution in [0.3, 0.4) is 0 Å². The molecule has 6 nitrogen and oxygen atoms in total. The van der Waals surface area contributed by atoms with Crippen molar-refractivity contribution in [1.82, 2.24) is 0 Å². The fraction of sp³-hybridized carbons (Fsp3) is 0.143. The summed E-state index contributed by atoms with van der Waals surface area (Å²) in [6.45, 7) is 0. The van der Waals surface area contributed by atoms with E-state index in [9.17, 15) is 35.1 Å². The second-order valence-corrected chi connectivity index (χ2v) is 8.77. The lowest BCUT2D eigenvalue weighted by Gasteiger charge is -2.23. The maximum absolute atomic E-state index is 14.0. The summed E-state index contributed by atoms with van der Waals surface area (Å²) in [6.07, 6.45) is 0. The fourth-order valence-electron chi connectivity index (χ4n) is 2.19. The third-order valence-electron chi connectivity index (χ3n) is 3.42. The van der Waals surface area contributed by atoms with Crippen molar-refractivity contribution < 1.29 is 44.0 Å². The van der Waals surface area contributed by atoms with Gasteiger partial charge < -0.3 is 8.92 Å². The van der Waals surface area contributed by atoms with Crippen LogP contribution < -0.4 is 8.92 Å². The molecule has 0 saturated heterocycles. The Hall–Kier alpha value is -2.02. The monoisotopic (exact) mass is 414 g/mol. The molecule has 1 aliphatic heterocycles. The Morgan fingerprint density at radius 2 is 1.69 bits per heavy atom. The quantitative estimate of drug-likeness (QED) is 0.445. The van der Waals surface area contributed by atoms with Gasteiger partial charge in [0.2, 0.25) is 0 Å². The van der Waals surface area contributed by atoms with Crippen molar-refractivity contribution in [1.29, 1.82) is 0 Å². The number of hydrogen-bond acceptors (Lipinski definition) is 6. The molecule has 0 saturated carbocycles. The number of rotatable bonds is 3. The van der Waals surface area contributed by atoms with Crippen LogP contribution in [0.5, 0.6) is 11.5 Å². The van der Waals surface area contributed by atoms with Gasteiger partial charge in [0.05, 0.1) is 0 Å². The van der Waals surface area contributed by atoms with Crippen LogP contribution >= 0.6 is 10.6 Å². The highest BCUT2D eigenvalue weighted by Crippen LogP contribution is 2.57. The van der Waals surface area contributed by atoms with Gasteiger partial charge in [-0.1, -0.05) is 12.1 Å². The summed E-state index contributed by atoms with van der Waals surface area (Å²) >= 11 is 0. The Morgan fingerprint density at radius 1 is 1.08 bits per heavy atom. The van der Waals surface area contributed by atoms with Crippen LogP contribution in [0.1, 0.15) is 0 Å². The van der Waals surface area contributed by atoms with Crippen LogP contribution in [0.2, 0.25) is 0 Å². The molecule has 1 aliphatic rings. The molecule has 2 N–H and O–H groups in total. The molecule has 0 atom stereocenters. The number of benzene rings is 2. The molecule has 3 rings (SSSR count). The highest BCUT2D eigenvalue weighted by Gasteiger charge is 2.48. The van der Waals surface area contributed by atoms with Gasteiger partial charge in [-0.05, 0) is 35.4 Å². The topological polar surface area (TPSA) is 93.1 Å². The van der Waals surface area contributed by atoms with Gasteiger partial charge in [-0.3, -0.25) is 9.11 Å². The van der Waals surface area contributed by atoms with E-state index in [0.29, 0.717) is 5.56 Å². The normalized spacial score (nSPS) is 17.3. The van der Waals surface area contributed by atoms with E-state index >= 15 is 0 Å². The molecule has 0 aliphatic carbocycles. The molecule has 2 aromatic rings. The molecule has 0 unspecified atom stereocenters. The molecule has 0 aromatic heterocycles. The molecule has 12 heteroatoms. The van der Waals surface area contributed by atoms with Gasteiger partial charge in [0, 0.05) is 0 Å². The molecule has 0 bridgehead atoms. The number of halogens is 4. The minimum atomic E-state index is -5.98. The SMILES string of the molecule is O=S(=O)(Oc1ccc(-c2ccc3c(c2)OCS3(O)O)cc1F)C(F)(F)F. The molecule has 0 spiro atoms. The fourth-order valence-corrected chi connectivity index (χ4v) is 3.80. The van der Waals surface area contributed by atoms with E-state index in [2.05, 4.69) is 4.18 Å². The minimum absolute atomic E-state index is 0.183. The highest BCUT2D eigenvalue weighted by molar-refractivity contribution is 8.24. The van der Waals surface area contributed by atoms with Crippen molar-refractivity contribution >= 4 is 20.7 Å². The second kappa shape index (κ2) is 6.01. The molecule has 0 radical (unpaired) electrons. The Morgan fingerprint density at radius 3 is 2.31 bits per heavy atom. The van der Waals surface area contributed by atoms with Crippen molar-refractivity contribution in [2.24, 2.45) is 0 Å². The first-order valence-electron chi connectivity index (χ1n) is 6.74. The lowest BCUT2D eigenvalue weighted by Crippen LogP contribution is -2.28. The van der Waals surface area contributed by atoms with Crippen LogP contribution in [0, 0.1) is 5.82 Å². The van der Waals surface area contributed by atoms with Crippen LogP contribution in [0.15, 0.2) is 41.3 Å². The summed E-state index contributed by atoms with van der Waals surface area (Å²) in [5.74, 6) is -2.54. The Balaban J connectivity index is 1.92. The first kappa shape index (κ1) is 18.8. The van der Waals surface area contributed by atoms with Gasteiger partial charge in [-0.15, -0.1) is 10.6 Å². The summed E-state index contributed by atoms with van der Waals surface area (Å²) in [6, 6.07) is 6.90. The van der Waals surface area contributed by atoms with E-state index in [4.69, 9.17) is 4.74 Å². The highest BCUT2D eigenvalue weighted by atomic mass is 32.3. The smallest absolute Gasteiger partial charge is 0.471 e. The molecule has 0 amide bonds. The maximum atomic E-state index is 14.0. The molecular formula is C14H10F4O6S2. The average molecular weight is 414 g/mol. The molecule has 2 aromatic carbocycles. The van der Waals surface area contributed by atoms with Crippen LogP contribution in [-0.2, 0) is 10.1 Å². The standard InChI is InChI=1S/C14H10F4O6S2/c15-10-5-8(1-3-11(10)24-26(21,22)14(16,17)18)9-2-4-13-12(6-9)23-7-25(13,19)20/h1-6,19-20H,7H2. The van der Waals surface area contributed by atoms with E-state index in [0.717, 1.165) is 18.2 Å². The number of ether oxygens (including phenoxy) is 1. The van der Waals surface area contributed by atoms with Gasteiger partial charge in [-0.25, -0.2) is 4.39 Å². The zero-order valence-electron chi connectivity index (χ0n) is 12.5. The maximum Gasteiger partial charge on any atom is 0.534 e. The average Bonchev–Trinajstić information content (AvgIpc) is 2.83. The predicted molar refractivity (Wildman–Crippen MR) is 84.0 cm³/mol. The number of fused-ring (bicyclic) bond motifs is 1. The van der Waals surface area contributed by atoms with Crippen LogP contribution in [-0.4, -0.2) is 29.0 Å². The van der Waals surface area contributed by atoms with Gasteiger partial charge in [-0.2, -0.15) is 21.6 Å². The molecule has 1 heterocycles.